The average Bonchev–Trinajstić information content (AvgIpc) is 2.17. The molecule has 3 heteroatoms. The molecule has 0 aliphatic carbocycles. The number of aliphatic hydroxyl groups excluding tert-OH is 1. The van der Waals surface area contributed by atoms with Crippen LogP contribution >= 0.6 is 0 Å². The SMILES string of the molecule is CN[C@H](C)[C@@H](O)c1ccc(N)cc1. The molecule has 1 aromatic rings. The zero-order valence-electron chi connectivity index (χ0n) is 7.99. The van der Waals surface area contributed by atoms with Crippen molar-refractivity contribution in [2.45, 2.75) is 19.1 Å². The molecule has 0 spiro atoms. The topological polar surface area (TPSA) is 58.3 Å². The molecule has 0 aliphatic heterocycles. The van der Waals surface area contributed by atoms with Gasteiger partial charge in [0.25, 0.3) is 0 Å². The van der Waals surface area contributed by atoms with Crippen molar-refractivity contribution in [2.75, 3.05) is 12.8 Å². The van der Waals surface area contributed by atoms with Gasteiger partial charge in [-0.15, -0.1) is 0 Å². The van der Waals surface area contributed by atoms with Gasteiger partial charge in [-0.1, -0.05) is 12.1 Å². The van der Waals surface area contributed by atoms with Crippen LogP contribution in [0.1, 0.15) is 18.6 Å². The van der Waals surface area contributed by atoms with E-state index in [1.165, 1.54) is 0 Å². The Kier molecular flexibility index (Phi) is 3.28. The second-order valence-electron chi connectivity index (χ2n) is 3.19. The maximum atomic E-state index is 9.78. The second-order valence-corrected chi connectivity index (χ2v) is 3.19. The Labute approximate surface area is 78.6 Å². The van der Waals surface area contributed by atoms with Crippen LogP contribution in [-0.4, -0.2) is 18.2 Å². The van der Waals surface area contributed by atoms with Gasteiger partial charge < -0.3 is 16.2 Å². The van der Waals surface area contributed by atoms with Gasteiger partial charge in [0.15, 0.2) is 0 Å². The lowest BCUT2D eigenvalue weighted by Gasteiger charge is -2.18. The molecule has 0 bridgehead atoms. The van der Waals surface area contributed by atoms with Crippen molar-refractivity contribution in [3.63, 3.8) is 0 Å². The molecular formula is C10H16N2O. The molecule has 0 saturated heterocycles. The van der Waals surface area contributed by atoms with Crippen LogP contribution in [0.2, 0.25) is 0 Å². The van der Waals surface area contributed by atoms with Gasteiger partial charge in [0.1, 0.15) is 0 Å². The molecule has 0 radical (unpaired) electrons. The third kappa shape index (κ3) is 2.44. The quantitative estimate of drug-likeness (QED) is 0.606. The van der Waals surface area contributed by atoms with Crippen molar-refractivity contribution in [3.8, 4) is 0 Å². The molecule has 0 amide bonds. The fourth-order valence-electron chi connectivity index (χ4n) is 1.14. The molecule has 72 valence electrons. The molecule has 1 aromatic carbocycles. The predicted octanol–water partition coefficient (Wildman–Crippen LogP) is 0.910. The number of rotatable bonds is 3. The molecule has 4 N–H and O–H groups in total. The van der Waals surface area contributed by atoms with Crippen LogP contribution in [0.4, 0.5) is 5.69 Å². The molecule has 2 atom stereocenters. The minimum Gasteiger partial charge on any atom is -0.399 e. The lowest BCUT2D eigenvalue weighted by atomic mass is 10.0. The first-order valence-electron chi connectivity index (χ1n) is 4.36. The maximum Gasteiger partial charge on any atom is 0.0940 e. The van der Waals surface area contributed by atoms with Gasteiger partial charge in [-0.05, 0) is 31.7 Å². The summed E-state index contributed by atoms with van der Waals surface area (Å²) in [6, 6.07) is 7.31. The average molecular weight is 180 g/mol. The number of nitrogen functional groups attached to an aromatic ring is 1. The van der Waals surface area contributed by atoms with Crippen LogP contribution < -0.4 is 11.1 Å². The molecule has 13 heavy (non-hydrogen) atoms. The van der Waals surface area contributed by atoms with E-state index in [1.54, 1.807) is 12.1 Å². The first kappa shape index (κ1) is 10.0. The largest absolute Gasteiger partial charge is 0.399 e. The number of benzene rings is 1. The van der Waals surface area contributed by atoms with Crippen LogP contribution in [0, 0.1) is 0 Å². The Morgan fingerprint density at radius 1 is 1.31 bits per heavy atom. The van der Waals surface area contributed by atoms with E-state index in [0.717, 1.165) is 5.56 Å². The van der Waals surface area contributed by atoms with Crippen LogP contribution in [0.5, 0.6) is 0 Å². The van der Waals surface area contributed by atoms with Crippen molar-refractivity contribution < 1.29 is 5.11 Å². The number of anilines is 1. The Hall–Kier alpha value is -1.06. The highest BCUT2D eigenvalue weighted by atomic mass is 16.3. The summed E-state index contributed by atoms with van der Waals surface area (Å²) in [4.78, 5) is 0. The van der Waals surface area contributed by atoms with Crippen molar-refractivity contribution in [1.82, 2.24) is 5.32 Å². The number of aliphatic hydroxyl groups is 1. The standard InChI is InChI=1S/C10H16N2O/c1-7(12-2)10(13)8-3-5-9(11)6-4-8/h3-7,10,12-13H,11H2,1-2H3/t7-,10-/m1/s1. The Bertz CT molecular complexity index is 258. The first-order chi connectivity index (χ1) is 6.15. The van der Waals surface area contributed by atoms with Crippen molar-refractivity contribution in [3.05, 3.63) is 29.8 Å². The summed E-state index contributed by atoms with van der Waals surface area (Å²) in [6.07, 6.45) is -0.481. The third-order valence-electron chi connectivity index (χ3n) is 2.21. The van der Waals surface area contributed by atoms with Crippen LogP contribution in [-0.2, 0) is 0 Å². The summed E-state index contributed by atoms with van der Waals surface area (Å²) in [6.45, 7) is 1.93. The molecule has 0 heterocycles. The van der Waals surface area contributed by atoms with E-state index in [2.05, 4.69) is 5.32 Å². The summed E-state index contributed by atoms with van der Waals surface area (Å²) in [5.74, 6) is 0. The van der Waals surface area contributed by atoms with E-state index in [4.69, 9.17) is 5.73 Å². The molecule has 0 aromatic heterocycles. The van der Waals surface area contributed by atoms with Crippen molar-refractivity contribution in [2.24, 2.45) is 0 Å². The van der Waals surface area contributed by atoms with Gasteiger partial charge in [-0.2, -0.15) is 0 Å². The highest BCUT2D eigenvalue weighted by Gasteiger charge is 2.13. The normalized spacial score (nSPS) is 15.3. The van der Waals surface area contributed by atoms with Gasteiger partial charge in [0.05, 0.1) is 6.10 Å². The molecule has 3 nitrogen and oxygen atoms in total. The van der Waals surface area contributed by atoms with E-state index in [1.807, 2.05) is 26.1 Å². The van der Waals surface area contributed by atoms with E-state index in [-0.39, 0.29) is 6.04 Å². The summed E-state index contributed by atoms with van der Waals surface area (Å²) in [5, 5.41) is 12.8. The molecule has 0 aliphatic rings. The highest BCUT2D eigenvalue weighted by molar-refractivity contribution is 5.40. The van der Waals surface area contributed by atoms with Gasteiger partial charge in [-0.3, -0.25) is 0 Å². The number of likely N-dealkylation sites (N-methyl/N-ethyl adjacent to an activating group) is 1. The van der Waals surface area contributed by atoms with E-state index in [9.17, 15) is 5.11 Å². The summed E-state index contributed by atoms with van der Waals surface area (Å²) in [5.41, 5.74) is 7.14. The summed E-state index contributed by atoms with van der Waals surface area (Å²) in [7, 11) is 1.82. The number of nitrogens with one attached hydrogen (secondary N) is 1. The summed E-state index contributed by atoms with van der Waals surface area (Å²) < 4.78 is 0. The summed E-state index contributed by atoms with van der Waals surface area (Å²) >= 11 is 0. The molecule has 0 unspecified atom stereocenters. The highest BCUT2D eigenvalue weighted by Crippen LogP contribution is 2.17. The zero-order valence-corrected chi connectivity index (χ0v) is 7.99. The maximum absolute atomic E-state index is 9.78. The van der Waals surface area contributed by atoms with E-state index >= 15 is 0 Å². The minimum absolute atomic E-state index is 0.0450. The van der Waals surface area contributed by atoms with E-state index in [0.29, 0.717) is 5.69 Å². The molecule has 0 saturated carbocycles. The van der Waals surface area contributed by atoms with Crippen LogP contribution in [0.3, 0.4) is 0 Å². The van der Waals surface area contributed by atoms with Gasteiger partial charge in [-0.25, -0.2) is 0 Å². The Morgan fingerprint density at radius 3 is 2.31 bits per heavy atom. The van der Waals surface area contributed by atoms with Gasteiger partial charge in [0.2, 0.25) is 0 Å². The predicted molar refractivity (Wildman–Crippen MR) is 54.3 cm³/mol. The molecule has 1 rings (SSSR count). The van der Waals surface area contributed by atoms with Crippen LogP contribution in [0.25, 0.3) is 0 Å². The fraction of sp³-hybridized carbons (Fsp3) is 0.400. The number of hydrogen-bond donors (Lipinski definition) is 3. The van der Waals surface area contributed by atoms with Gasteiger partial charge in [0, 0.05) is 11.7 Å². The first-order valence-corrected chi connectivity index (χ1v) is 4.36. The van der Waals surface area contributed by atoms with Crippen molar-refractivity contribution >= 4 is 5.69 Å². The zero-order chi connectivity index (χ0) is 9.84. The lowest BCUT2D eigenvalue weighted by Crippen LogP contribution is -2.28. The lowest BCUT2D eigenvalue weighted by molar-refractivity contribution is 0.140. The molecular weight excluding hydrogens is 164 g/mol. The van der Waals surface area contributed by atoms with Crippen molar-refractivity contribution in [1.29, 1.82) is 0 Å². The third-order valence-corrected chi connectivity index (χ3v) is 2.21. The number of hydrogen-bond acceptors (Lipinski definition) is 3. The van der Waals surface area contributed by atoms with E-state index < -0.39 is 6.10 Å². The second kappa shape index (κ2) is 4.25. The Morgan fingerprint density at radius 2 is 1.85 bits per heavy atom. The monoisotopic (exact) mass is 180 g/mol. The fourth-order valence-corrected chi connectivity index (χ4v) is 1.14. The smallest absolute Gasteiger partial charge is 0.0940 e. The van der Waals surface area contributed by atoms with Crippen LogP contribution in [0.15, 0.2) is 24.3 Å². The number of nitrogens with two attached hydrogens (primary N) is 1. The molecule has 0 fully saturated rings. The van der Waals surface area contributed by atoms with Gasteiger partial charge >= 0.3 is 0 Å². The Balaban J connectivity index is 2.77. The minimum atomic E-state index is -0.481.